The van der Waals surface area contributed by atoms with Crippen LogP contribution in [0.1, 0.15) is 51.9 Å². The van der Waals surface area contributed by atoms with E-state index in [9.17, 15) is 0 Å². The summed E-state index contributed by atoms with van der Waals surface area (Å²) in [5, 5.41) is 0. The van der Waals surface area contributed by atoms with Crippen LogP contribution in [0.2, 0.25) is 0 Å². The van der Waals surface area contributed by atoms with Crippen molar-refractivity contribution in [2.45, 2.75) is 57.9 Å². The van der Waals surface area contributed by atoms with Crippen molar-refractivity contribution >= 4 is 0 Å². The topological polar surface area (TPSA) is 29.3 Å². The van der Waals surface area contributed by atoms with Crippen LogP contribution in [0.3, 0.4) is 0 Å². The third-order valence-electron chi connectivity index (χ3n) is 4.35. The lowest BCUT2D eigenvalue weighted by Gasteiger charge is -2.35. The van der Waals surface area contributed by atoms with Crippen LogP contribution in [-0.2, 0) is 0 Å². The van der Waals surface area contributed by atoms with Gasteiger partial charge in [0.2, 0.25) is 0 Å². The van der Waals surface area contributed by atoms with Gasteiger partial charge in [-0.05, 0) is 50.5 Å². The molecule has 2 rings (SSSR count). The molecule has 0 aliphatic heterocycles. The third-order valence-corrected chi connectivity index (χ3v) is 4.35. The van der Waals surface area contributed by atoms with E-state index < -0.39 is 0 Å². The first-order valence-corrected chi connectivity index (χ1v) is 7.29. The molecular weight excluding hydrogens is 196 g/mol. The minimum absolute atomic E-state index is 0.683. The summed E-state index contributed by atoms with van der Waals surface area (Å²) in [5.41, 5.74) is 6.04. The van der Waals surface area contributed by atoms with Crippen molar-refractivity contribution in [2.75, 3.05) is 19.6 Å². The Bertz CT molecular complexity index is 195. The summed E-state index contributed by atoms with van der Waals surface area (Å²) >= 11 is 0. The van der Waals surface area contributed by atoms with Gasteiger partial charge < -0.3 is 5.73 Å². The molecule has 2 nitrogen and oxygen atoms in total. The first kappa shape index (κ1) is 12.4. The van der Waals surface area contributed by atoms with E-state index in [2.05, 4.69) is 11.8 Å². The lowest BCUT2D eigenvalue weighted by molar-refractivity contribution is 0.140. The van der Waals surface area contributed by atoms with Crippen molar-refractivity contribution in [3.8, 4) is 0 Å². The van der Waals surface area contributed by atoms with Gasteiger partial charge in [-0.3, -0.25) is 4.90 Å². The van der Waals surface area contributed by atoms with E-state index in [4.69, 9.17) is 5.73 Å². The molecule has 94 valence electrons. The molecule has 2 N–H and O–H groups in total. The molecule has 0 aromatic carbocycles. The van der Waals surface area contributed by atoms with Crippen LogP contribution in [0.5, 0.6) is 0 Å². The van der Waals surface area contributed by atoms with Crippen molar-refractivity contribution in [2.24, 2.45) is 17.6 Å². The Kier molecular flexibility index (Phi) is 4.66. The minimum Gasteiger partial charge on any atom is -0.329 e. The van der Waals surface area contributed by atoms with Gasteiger partial charge in [-0.2, -0.15) is 0 Å². The average molecular weight is 224 g/mol. The smallest absolute Gasteiger partial charge is 0.0246 e. The van der Waals surface area contributed by atoms with Crippen molar-refractivity contribution in [1.29, 1.82) is 0 Å². The second-order valence-electron chi connectivity index (χ2n) is 5.79. The van der Waals surface area contributed by atoms with Crippen LogP contribution in [0.25, 0.3) is 0 Å². The lowest BCUT2D eigenvalue weighted by atomic mass is 9.96. The van der Waals surface area contributed by atoms with Crippen LogP contribution >= 0.6 is 0 Å². The highest BCUT2D eigenvalue weighted by molar-refractivity contribution is 4.87. The Morgan fingerprint density at radius 1 is 1.19 bits per heavy atom. The fraction of sp³-hybridized carbons (Fsp3) is 1.00. The Morgan fingerprint density at radius 3 is 2.38 bits per heavy atom. The van der Waals surface area contributed by atoms with Crippen LogP contribution in [0, 0.1) is 11.8 Å². The third kappa shape index (κ3) is 3.21. The van der Waals surface area contributed by atoms with E-state index in [0.29, 0.717) is 6.04 Å². The van der Waals surface area contributed by atoms with Gasteiger partial charge in [-0.25, -0.2) is 0 Å². The molecule has 0 spiro atoms. The highest BCUT2D eigenvalue weighted by Crippen LogP contribution is 2.34. The number of hydrogen-bond acceptors (Lipinski definition) is 2. The van der Waals surface area contributed by atoms with Crippen LogP contribution in [-0.4, -0.2) is 30.6 Å². The van der Waals surface area contributed by atoms with Gasteiger partial charge in [0.05, 0.1) is 0 Å². The van der Waals surface area contributed by atoms with Crippen molar-refractivity contribution in [1.82, 2.24) is 4.90 Å². The van der Waals surface area contributed by atoms with Crippen LogP contribution in [0.4, 0.5) is 0 Å². The predicted molar refractivity (Wildman–Crippen MR) is 69.4 cm³/mol. The number of nitrogens with two attached hydrogens (primary N) is 1. The number of hydrogen-bond donors (Lipinski definition) is 1. The van der Waals surface area contributed by atoms with E-state index in [0.717, 1.165) is 18.4 Å². The summed E-state index contributed by atoms with van der Waals surface area (Å²) in [7, 11) is 0. The second-order valence-corrected chi connectivity index (χ2v) is 5.79. The van der Waals surface area contributed by atoms with Crippen molar-refractivity contribution < 1.29 is 0 Å². The summed E-state index contributed by atoms with van der Waals surface area (Å²) in [6.07, 6.45) is 9.91. The zero-order valence-electron chi connectivity index (χ0n) is 10.8. The Morgan fingerprint density at radius 2 is 1.88 bits per heavy atom. The molecule has 2 saturated carbocycles. The largest absolute Gasteiger partial charge is 0.329 e. The Balaban J connectivity index is 1.90. The van der Waals surface area contributed by atoms with E-state index >= 15 is 0 Å². The maximum Gasteiger partial charge on any atom is 0.0246 e. The monoisotopic (exact) mass is 224 g/mol. The van der Waals surface area contributed by atoms with Gasteiger partial charge in [0.25, 0.3) is 0 Å². The quantitative estimate of drug-likeness (QED) is 0.720. The summed E-state index contributed by atoms with van der Waals surface area (Å²) in [6.45, 7) is 5.75. The Hall–Kier alpha value is -0.0800. The molecule has 1 unspecified atom stereocenters. The van der Waals surface area contributed by atoms with E-state index in [1.165, 1.54) is 58.0 Å². The number of nitrogens with zero attached hydrogens (tertiary/aromatic N) is 1. The van der Waals surface area contributed by atoms with Crippen molar-refractivity contribution in [3.63, 3.8) is 0 Å². The first-order valence-electron chi connectivity index (χ1n) is 7.29. The summed E-state index contributed by atoms with van der Waals surface area (Å²) < 4.78 is 0. The minimum atomic E-state index is 0.683. The molecule has 0 aromatic heterocycles. The normalized spacial score (nSPS) is 24.2. The molecule has 1 atom stereocenters. The Labute approximate surface area is 101 Å². The molecule has 2 heteroatoms. The van der Waals surface area contributed by atoms with Crippen LogP contribution in [0.15, 0.2) is 0 Å². The van der Waals surface area contributed by atoms with Crippen LogP contribution < -0.4 is 5.73 Å². The summed E-state index contributed by atoms with van der Waals surface area (Å²) in [4.78, 5) is 2.72. The van der Waals surface area contributed by atoms with E-state index in [1.807, 2.05) is 0 Å². The molecule has 0 saturated heterocycles. The lowest BCUT2D eigenvalue weighted by Crippen LogP contribution is -2.46. The van der Waals surface area contributed by atoms with E-state index in [1.54, 1.807) is 0 Å². The molecule has 2 aliphatic carbocycles. The molecular formula is C14H28N2. The maximum absolute atomic E-state index is 6.04. The summed E-state index contributed by atoms with van der Waals surface area (Å²) in [5.74, 6) is 1.90. The van der Waals surface area contributed by atoms with Gasteiger partial charge in [-0.1, -0.05) is 19.8 Å². The maximum atomic E-state index is 6.04. The zero-order chi connectivity index (χ0) is 11.4. The highest BCUT2D eigenvalue weighted by Gasteiger charge is 2.32. The van der Waals surface area contributed by atoms with Gasteiger partial charge in [0.15, 0.2) is 0 Å². The highest BCUT2D eigenvalue weighted by atomic mass is 15.2. The predicted octanol–water partition coefficient (Wildman–Crippen LogP) is 2.63. The number of rotatable bonds is 7. The molecule has 0 bridgehead atoms. The molecule has 0 aromatic rings. The van der Waals surface area contributed by atoms with Gasteiger partial charge in [0, 0.05) is 19.1 Å². The molecule has 2 aliphatic rings. The van der Waals surface area contributed by atoms with Gasteiger partial charge in [-0.15, -0.1) is 0 Å². The molecule has 16 heavy (non-hydrogen) atoms. The molecule has 2 fully saturated rings. The molecule has 0 heterocycles. The fourth-order valence-electron chi connectivity index (χ4n) is 3.29. The van der Waals surface area contributed by atoms with E-state index in [-0.39, 0.29) is 0 Å². The second kappa shape index (κ2) is 6.02. The van der Waals surface area contributed by atoms with Crippen molar-refractivity contribution in [3.05, 3.63) is 0 Å². The first-order chi connectivity index (χ1) is 7.85. The SMILES string of the molecule is CCCN(CC1CC1)C(CN)C1CCCC1. The zero-order valence-corrected chi connectivity index (χ0v) is 10.8. The standard InChI is InChI=1S/C14H28N2/c1-2-9-16(11-12-7-8-12)14(10-15)13-5-3-4-6-13/h12-14H,2-11,15H2,1H3. The molecule has 0 amide bonds. The van der Waals surface area contributed by atoms with Gasteiger partial charge >= 0.3 is 0 Å². The average Bonchev–Trinajstić information content (AvgIpc) is 2.94. The molecule has 0 radical (unpaired) electrons. The fourth-order valence-corrected chi connectivity index (χ4v) is 3.29. The summed E-state index contributed by atoms with van der Waals surface area (Å²) in [6, 6.07) is 0.683. The van der Waals surface area contributed by atoms with Gasteiger partial charge in [0.1, 0.15) is 0 Å².